The van der Waals surface area contributed by atoms with Crippen LogP contribution in [0.1, 0.15) is 0 Å². The molecule has 0 aliphatic rings. The first-order valence-corrected chi connectivity index (χ1v) is 14.5. The van der Waals surface area contributed by atoms with Gasteiger partial charge < -0.3 is 0 Å². The van der Waals surface area contributed by atoms with Gasteiger partial charge in [0.1, 0.15) is 22.1 Å². The normalized spacial score (nSPS) is 12.4. The van der Waals surface area contributed by atoms with Gasteiger partial charge in [0.15, 0.2) is 0 Å². The summed E-state index contributed by atoms with van der Waals surface area (Å²) in [6.45, 7) is 0. The lowest BCUT2D eigenvalue weighted by atomic mass is 10.0. The molecule has 0 radical (unpaired) electrons. The van der Waals surface area contributed by atoms with E-state index in [1.54, 1.807) is 22.7 Å². The molecule has 0 unspecified atom stereocenters. The Hall–Kier alpha value is -2.34. The zero-order valence-corrected chi connectivity index (χ0v) is 20.8. The lowest BCUT2D eigenvalue weighted by Crippen LogP contribution is -1.82. The van der Waals surface area contributed by atoms with Crippen molar-refractivity contribution in [2.24, 2.45) is 0 Å². The molecule has 0 aliphatic heterocycles. The zero-order chi connectivity index (χ0) is 20.8. The van der Waals surface area contributed by atoms with Gasteiger partial charge in [-0.25, -0.2) is 0 Å². The topological polar surface area (TPSA) is 51.6 Å². The van der Waals surface area contributed by atoms with E-state index in [9.17, 15) is 0 Å². The van der Waals surface area contributed by atoms with Gasteiger partial charge in [-0.15, -0.1) is 45.3 Å². The summed E-state index contributed by atoms with van der Waals surface area (Å²) >= 11 is 9.77. The lowest BCUT2D eigenvalue weighted by Gasteiger charge is -2.04. The van der Waals surface area contributed by atoms with E-state index in [1.165, 1.54) is 73.9 Å². The summed E-state index contributed by atoms with van der Waals surface area (Å²) in [5, 5.41) is 8.92. The van der Waals surface area contributed by atoms with Crippen molar-refractivity contribution >= 4 is 122 Å². The summed E-state index contributed by atoms with van der Waals surface area (Å²) in [5.41, 5.74) is 3.94. The van der Waals surface area contributed by atoms with Crippen LogP contribution in [0.3, 0.4) is 0 Å². The van der Waals surface area contributed by atoms with E-state index >= 15 is 0 Å². The van der Waals surface area contributed by atoms with Crippen molar-refractivity contribution in [1.82, 2.24) is 17.5 Å². The molecule has 8 aromatic rings. The van der Waals surface area contributed by atoms with Gasteiger partial charge in [-0.2, -0.15) is 17.5 Å². The van der Waals surface area contributed by atoms with Crippen LogP contribution >= 0.6 is 68.8 Å². The van der Waals surface area contributed by atoms with E-state index in [1.807, 2.05) is 22.7 Å². The zero-order valence-electron chi connectivity index (χ0n) is 15.9. The number of aromatic nitrogens is 4. The average Bonchev–Trinajstić information content (AvgIpc) is 3.65. The third kappa shape index (κ3) is 2.34. The Morgan fingerprint density at radius 1 is 0.531 bits per heavy atom. The monoisotopic (exact) mass is 520 g/mol. The molecule has 10 heteroatoms. The largest absolute Gasteiger partial charge is 0.172 e. The standard InChI is InChI=1S/C22H8N4S6/c1-3-11(27-5-1)13-7-9-17-20(26-31-23-17)16-15(21(9)29-13)19-18(24-32-25-19)10-8-14(30-22(10)16)12-4-2-6-28-12/h1-8H. The first-order chi connectivity index (χ1) is 15.9. The Bertz CT molecular complexity index is 1790. The number of hydrogen-bond donors (Lipinski definition) is 0. The molecule has 0 saturated heterocycles. The van der Waals surface area contributed by atoms with E-state index in [0.29, 0.717) is 0 Å². The van der Waals surface area contributed by atoms with Crippen molar-refractivity contribution in [2.45, 2.75) is 0 Å². The molecule has 0 atom stereocenters. The SMILES string of the molecule is c1csc(-c2cc3c4nsnc4c4c5sc(-c6cccs6)cc5c5nsnc5c4c3s2)c1. The van der Waals surface area contributed by atoms with Crippen LogP contribution in [0, 0.1) is 0 Å². The molecule has 0 saturated carbocycles. The molecule has 6 aromatic heterocycles. The molecule has 8 rings (SSSR count). The van der Waals surface area contributed by atoms with Crippen molar-refractivity contribution in [2.75, 3.05) is 0 Å². The summed E-state index contributed by atoms with van der Waals surface area (Å²) in [7, 11) is 0. The van der Waals surface area contributed by atoms with Crippen molar-refractivity contribution < 1.29 is 0 Å². The minimum absolute atomic E-state index is 0.979. The van der Waals surface area contributed by atoms with Gasteiger partial charge in [-0.05, 0) is 35.0 Å². The van der Waals surface area contributed by atoms with Crippen molar-refractivity contribution in [3.8, 4) is 19.5 Å². The summed E-state index contributed by atoms with van der Waals surface area (Å²) in [6, 6.07) is 13.1. The third-order valence-corrected chi connectivity index (χ3v) is 11.2. The summed E-state index contributed by atoms with van der Waals surface area (Å²) < 4.78 is 21.5. The number of benzene rings is 2. The molecule has 4 nitrogen and oxygen atoms in total. The first-order valence-electron chi connectivity index (χ1n) is 9.64. The number of fused-ring (bicyclic) bond motifs is 11. The molecule has 0 aliphatic carbocycles. The molecule has 32 heavy (non-hydrogen) atoms. The second kappa shape index (κ2) is 6.60. The minimum Gasteiger partial charge on any atom is -0.172 e. The van der Waals surface area contributed by atoms with E-state index < -0.39 is 0 Å². The Morgan fingerprint density at radius 3 is 1.44 bits per heavy atom. The van der Waals surface area contributed by atoms with Gasteiger partial charge in [0, 0.05) is 50.5 Å². The second-order valence-corrected chi connectivity index (χ2v) is 12.4. The maximum atomic E-state index is 4.78. The van der Waals surface area contributed by atoms with Gasteiger partial charge in [-0.3, -0.25) is 0 Å². The quantitative estimate of drug-likeness (QED) is 0.229. The number of thiophene rings is 4. The molecular weight excluding hydrogens is 513 g/mol. The fourth-order valence-corrected chi connectivity index (χ4v) is 9.53. The van der Waals surface area contributed by atoms with Crippen molar-refractivity contribution in [3.05, 3.63) is 47.2 Å². The number of nitrogens with zero attached hydrogens (tertiary/aromatic N) is 4. The molecular formula is C22H8N4S6. The van der Waals surface area contributed by atoms with Crippen LogP contribution in [0.4, 0.5) is 0 Å². The van der Waals surface area contributed by atoms with Gasteiger partial charge in [0.2, 0.25) is 0 Å². The predicted molar refractivity (Wildman–Crippen MR) is 143 cm³/mol. The van der Waals surface area contributed by atoms with Crippen LogP contribution in [0.5, 0.6) is 0 Å². The molecule has 6 heterocycles. The Labute approximate surface area is 204 Å². The highest BCUT2D eigenvalue weighted by Gasteiger charge is 2.24. The maximum Gasteiger partial charge on any atom is 0.114 e. The fourth-order valence-electron chi connectivity index (χ4n) is 4.32. The maximum absolute atomic E-state index is 4.78. The molecule has 0 bridgehead atoms. The van der Waals surface area contributed by atoms with Crippen molar-refractivity contribution in [1.29, 1.82) is 0 Å². The Morgan fingerprint density at radius 2 is 1.00 bits per heavy atom. The van der Waals surface area contributed by atoms with Gasteiger partial charge in [0.25, 0.3) is 0 Å². The second-order valence-electron chi connectivity index (χ2n) is 7.33. The van der Waals surface area contributed by atoms with Gasteiger partial charge in [-0.1, -0.05) is 12.1 Å². The van der Waals surface area contributed by atoms with Gasteiger partial charge in [0.05, 0.1) is 23.5 Å². The van der Waals surface area contributed by atoms with Crippen molar-refractivity contribution in [3.63, 3.8) is 0 Å². The first kappa shape index (κ1) is 18.1. The van der Waals surface area contributed by atoms with E-state index in [-0.39, 0.29) is 0 Å². The number of hydrogen-bond acceptors (Lipinski definition) is 10. The highest BCUT2D eigenvalue weighted by molar-refractivity contribution is 7.28. The van der Waals surface area contributed by atoms with Gasteiger partial charge >= 0.3 is 0 Å². The van der Waals surface area contributed by atoms with Crippen LogP contribution in [0.25, 0.3) is 72.5 Å². The van der Waals surface area contributed by atoms with Crippen LogP contribution in [-0.2, 0) is 0 Å². The van der Waals surface area contributed by atoms with E-state index in [2.05, 4.69) is 47.2 Å². The molecule has 0 N–H and O–H groups in total. The van der Waals surface area contributed by atoms with Crippen LogP contribution in [-0.4, -0.2) is 17.5 Å². The highest BCUT2D eigenvalue weighted by Crippen LogP contribution is 2.50. The molecule has 152 valence electrons. The van der Waals surface area contributed by atoms with Crippen LogP contribution in [0.2, 0.25) is 0 Å². The fraction of sp³-hybridized carbons (Fsp3) is 0. The molecule has 0 amide bonds. The smallest absolute Gasteiger partial charge is 0.114 e. The van der Waals surface area contributed by atoms with Crippen LogP contribution in [0.15, 0.2) is 47.2 Å². The minimum atomic E-state index is 0.979. The highest BCUT2D eigenvalue weighted by atomic mass is 32.1. The predicted octanol–water partition coefficient (Wildman–Crippen LogP) is 8.74. The summed E-state index contributed by atoms with van der Waals surface area (Å²) in [6.07, 6.45) is 0. The number of rotatable bonds is 2. The lowest BCUT2D eigenvalue weighted by molar-refractivity contribution is 1.71. The molecule has 0 fully saturated rings. The third-order valence-electron chi connectivity index (χ3n) is 5.66. The van der Waals surface area contributed by atoms with E-state index in [0.717, 1.165) is 22.1 Å². The average molecular weight is 521 g/mol. The summed E-state index contributed by atoms with van der Waals surface area (Å²) in [5.74, 6) is 0. The Kier molecular flexibility index (Phi) is 3.74. The molecule has 2 aromatic carbocycles. The Balaban J connectivity index is 1.64. The van der Waals surface area contributed by atoms with Crippen LogP contribution < -0.4 is 0 Å². The summed E-state index contributed by atoms with van der Waals surface area (Å²) in [4.78, 5) is 5.08. The molecule has 0 spiro atoms. The van der Waals surface area contributed by atoms with E-state index in [4.69, 9.17) is 17.5 Å².